The molecule has 7 nitrogen and oxygen atoms in total. The number of aromatic amines is 1. The Morgan fingerprint density at radius 2 is 2.14 bits per heavy atom. The van der Waals surface area contributed by atoms with Gasteiger partial charge in [0, 0.05) is 20.0 Å². The Bertz CT molecular complexity index is 633. The first kappa shape index (κ1) is 15.0. The first-order valence-electron chi connectivity index (χ1n) is 6.65. The van der Waals surface area contributed by atoms with Crippen LogP contribution in [0.3, 0.4) is 0 Å². The summed E-state index contributed by atoms with van der Waals surface area (Å²) in [5, 5.41) is 8.93. The molecule has 0 unspecified atom stereocenters. The van der Waals surface area contributed by atoms with Gasteiger partial charge in [-0.3, -0.25) is 9.36 Å². The molecule has 1 heterocycles. The van der Waals surface area contributed by atoms with Crippen molar-refractivity contribution in [3.63, 3.8) is 0 Å². The third kappa shape index (κ3) is 4.57. The largest absolute Gasteiger partial charge is 0.367 e. The zero-order chi connectivity index (χ0) is 15.1. The molecular weight excluding hydrogens is 272 g/mol. The number of amides is 1. The lowest BCUT2D eigenvalue weighted by molar-refractivity contribution is -0.126. The lowest BCUT2D eigenvalue weighted by Crippen LogP contribution is -2.30. The van der Waals surface area contributed by atoms with E-state index in [1.54, 1.807) is 7.05 Å². The summed E-state index contributed by atoms with van der Waals surface area (Å²) in [5.74, 6) is 0.414. The van der Waals surface area contributed by atoms with Crippen LogP contribution in [-0.2, 0) is 29.6 Å². The molecule has 7 heteroatoms. The Kier molecular flexibility index (Phi) is 5.28. The van der Waals surface area contributed by atoms with Crippen LogP contribution in [0.4, 0.5) is 0 Å². The quantitative estimate of drug-likeness (QED) is 0.750. The maximum absolute atomic E-state index is 11.6. The normalized spacial score (nSPS) is 10.5. The van der Waals surface area contributed by atoms with Gasteiger partial charge in [-0.15, -0.1) is 0 Å². The van der Waals surface area contributed by atoms with Gasteiger partial charge in [0.1, 0.15) is 12.4 Å². The predicted octanol–water partition coefficient (Wildman–Crippen LogP) is -0.0161. The van der Waals surface area contributed by atoms with Gasteiger partial charge in [-0.25, -0.2) is 9.89 Å². The minimum Gasteiger partial charge on any atom is -0.367 e. The van der Waals surface area contributed by atoms with E-state index < -0.39 is 0 Å². The molecule has 0 aliphatic rings. The van der Waals surface area contributed by atoms with E-state index in [1.165, 1.54) is 4.57 Å². The molecule has 0 aliphatic heterocycles. The average molecular weight is 290 g/mol. The van der Waals surface area contributed by atoms with Crippen LogP contribution in [0.1, 0.15) is 11.4 Å². The van der Waals surface area contributed by atoms with Crippen molar-refractivity contribution in [2.75, 3.05) is 13.2 Å². The Morgan fingerprint density at radius 3 is 2.81 bits per heavy atom. The van der Waals surface area contributed by atoms with Crippen molar-refractivity contribution in [2.45, 2.75) is 13.0 Å². The van der Waals surface area contributed by atoms with Crippen molar-refractivity contribution >= 4 is 5.91 Å². The zero-order valence-electron chi connectivity index (χ0n) is 11.8. The van der Waals surface area contributed by atoms with Gasteiger partial charge in [0.05, 0.1) is 6.61 Å². The second kappa shape index (κ2) is 7.39. The van der Waals surface area contributed by atoms with Gasteiger partial charge in [-0.2, -0.15) is 5.10 Å². The van der Waals surface area contributed by atoms with E-state index in [0.717, 1.165) is 5.56 Å². The summed E-state index contributed by atoms with van der Waals surface area (Å²) >= 11 is 0. The highest BCUT2D eigenvalue weighted by Crippen LogP contribution is 1.99. The van der Waals surface area contributed by atoms with Crippen LogP contribution in [0.5, 0.6) is 0 Å². The molecule has 0 spiro atoms. The number of benzene rings is 1. The molecule has 21 heavy (non-hydrogen) atoms. The summed E-state index contributed by atoms with van der Waals surface area (Å²) in [4.78, 5) is 22.7. The molecule has 1 aromatic heterocycles. The maximum Gasteiger partial charge on any atom is 0.343 e. The van der Waals surface area contributed by atoms with Crippen LogP contribution in [0.2, 0.25) is 0 Å². The molecule has 1 aromatic carbocycles. The fourth-order valence-corrected chi connectivity index (χ4v) is 1.80. The molecule has 112 valence electrons. The second-order valence-electron chi connectivity index (χ2n) is 4.58. The number of ether oxygens (including phenoxy) is 1. The summed E-state index contributed by atoms with van der Waals surface area (Å²) in [6.07, 6.45) is 0.486. The molecule has 0 aliphatic carbocycles. The SMILES string of the molecule is Cn1c(CCNC(=O)COCc2ccccc2)n[nH]c1=O. The number of nitrogens with one attached hydrogen (secondary N) is 2. The van der Waals surface area contributed by atoms with Gasteiger partial charge in [-0.1, -0.05) is 30.3 Å². The van der Waals surface area contributed by atoms with Crippen molar-refractivity contribution in [3.8, 4) is 0 Å². The van der Waals surface area contributed by atoms with Crippen molar-refractivity contribution in [1.29, 1.82) is 0 Å². The highest BCUT2D eigenvalue weighted by Gasteiger charge is 2.05. The summed E-state index contributed by atoms with van der Waals surface area (Å²) < 4.78 is 6.74. The van der Waals surface area contributed by atoms with E-state index in [0.29, 0.717) is 25.4 Å². The molecule has 0 fully saturated rings. The van der Waals surface area contributed by atoms with Crippen LogP contribution < -0.4 is 11.0 Å². The highest BCUT2D eigenvalue weighted by molar-refractivity contribution is 5.77. The maximum atomic E-state index is 11.6. The molecule has 2 rings (SSSR count). The van der Waals surface area contributed by atoms with Crippen molar-refractivity contribution in [2.24, 2.45) is 7.05 Å². The Hall–Kier alpha value is -2.41. The summed E-state index contributed by atoms with van der Waals surface area (Å²) in [5.41, 5.74) is 0.763. The molecule has 0 radical (unpaired) electrons. The second-order valence-corrected chi connectivity index (χ2v) is 4.58. The topological polar surface area (TPSA) is 89.0 Å². The molecule has 0 saturated carbocycles. The first-order chi connectivity index (χ1) is 10.2. The van der Waals surface area contributed by atoms with E-state index >= 15 is 0 Å². The van der Waals surface area contributed by atoms with Gasteiger partial charge in [-0.05, 0) is 5.56 Å². The van der Waals surface area contributed by atoms with Gasteiger partial charge < -0.3 is 10.1 Å². The van der Waals surface area contributed by atoms with Crippen molar-refractivity contribution in [1.82, 2.24) is 20.1 Å². The van der Waals surface area contributed by atoms with Crippen LogP contribution in [-0.4, -0.2) is 33.8 Å². The van der Waals surface area contributed by atoms with E-state index in [1.807, 2.05) is 30.3 Å². The fraction of sp³-hybridized carbons (Fsp3) is 0.357. The van der Waals surface area contributed by atoms with Crippen molar-refractivity contribution < 1.29 is 9.53 Å². The van der Waals surface area contributed by atoms with Gasteiger partial charge in [0.2, 0.25) is 5.91 Å². The standard InChI is InChI=1S/C14H18N4O3/c1-18-12(16-17-14(18)20)7-8-15-13(19)10-21-9-11-5-3-2-4-6-11/h2-6H,7-10H2,1H3,(H,15,19)(H,17,20). The van der Waals surface area contributed by atoms with Crippen LogP contribution >= 0.6 is 0 Å². The molecular formula is C14H18N4O3. The lowest BCUT2D eigenvalue weighted by atomic mass is 10.2. The molecule has 2 N–H and O–H groups in total. The third-order valence-electron chi connectivity index (χ3n) is 2.99. The van der Waals surface area contributed by atoms with Gasteiger partial charge in [0.15, 0.2) is 0 Å². The van der Waals surface area contributed by atoms with Crippen LogP contribution in [0.25, 0.3) is 0 Å². The number of hydrogen-bond acceptors (Lipinski definition) is 4. The van der Waals surface area contributed by atoms with E-state index in [-0.39, 0.29) is 18.2 Å². The number of carbonyl (C=O) groups excluding carboxylic acids is 1. The Morgan fingerprint density at radius 1 is 1.38 bits per heavy atom. The van der Waals surface area contributed by atoms with E-state index in [4.69, 9.17) is 4.74 Å². The Balaban J connectivity index is 1.64. The first-order valence-corrected chi connectivity index (χ1v) is 6.65. The lowest BCUT2D eigenvalue weighted by Gasteiger charge is -2.06. The predicted molar refractivity (Wildman–Crippen MR) is 76.6 cm³/mol. The molecule has 1 amide bonds. The fourth-order valence-electron chi connectivity index (χ4n) is 1.80. The van der Waals surface area contributed by atoms with Crippen LogP contribution in [0, 0.1) is 0 Å². The van der Waals surface area contributed by atoms with Gasteiger partial charge in [0.25, 0.3) is 0 Å². The Labute approximate surface area is 121 Å². The molecule has 0 saturated heterocycles. The number of carbonyl (C=O) groups is 1. The van der Waals surface area contributed by atoms with Gasteiger partial charge >= 0.3 is 5.69 Å². The van der Waals surface area contributed by atoms with E-state index in [2.05, 4.69) is 15.5 Å². The number of nitrogens with zero attached hydrogens (tertiary/aromatic N) is 2. The summed E-state index contributed by atoms with van der Waals surface area (Å²) in [6.45, 7) is 0.822. The van der Waals surface area contributed by atoms with E-state index in [9.17, 15) is 9.59 Å². The zero-order valence-corrected chi connectivity index (χ0v) is 11.8. The minimum atomic E-state index is -0.262. The third-order valence-corrected chi connectivity index (χ3v) is 2.99. The molecule has 0 atom stereocenters. The smallest absolute Gasteiger partial charge is 0.343 e. The minimum absolute atomic E-state index is 0.00832. The summed E-state index contributed by atoms with van der Waals surface area (Å²) in [6, 6.07) is 9.66. The molecule has 2 aromatic rings. The number of aromatic nitrogens is 3. The number of hydrogen-bond donors (Lipinski definition) is 2. The number of rotatable bonds is 7. The summed E-state index contributed by atoms with van der Waals surface area (Å²) in [7, 11) is 1.63. The van der Waals surface area contributed by atoms with Crippen LogP contribution in [0.15, 0.2) is 35.1 Å². The number of H-pyrrole nitrogens is 1. The average Bonchev–Trinajstić information content (AvgIpc) is 2.80. The molecule has 0 bridgehead atoms. The monoisotopic (exact) mass is 290 g/mol. The van der Waals surface area contributed by atoms with Crippen molar-refractivity contribution in [3.05, 3.63) is 52.2 Å². The highest BCUT2D eigenvalue weighted by atomic mass is 16.5.